The van der Waals surface area contributed by atoms with Crippen molar-refractivity contribution in [1.29, 1.82) is 0 Å². The van der Waals surface area contributed by atoms with Crippen molar-refractivity contribution >= 4 is 44.4 Å². The summed E-state index contributed by atoms with van der Waals surface area (Å²) in [5, 5.41) is 0.916. The molecule has 0 spiro atoms. The zero-order chi connectivity index (χ0) is 19.8. The van der Waals surface area contributed by atoms with Gasteiger partial charge < -0.3 is 14.5 Å². The Kier molecular flexibility index (Phi) is 4.92. The molecule has 148 valence electrons. The fraction of sp³-hybridized carbons (Fsp3) is 0.474. The summed E-state index contributed by atoms with van der Waals surface area (Å²) in [7, 11) is 1.64. The van der Waals surface area contributed by atoms with Gasteiger partial charge in [0.1, 0.15) is 17.8 Å². The van der Waals surface area contributed by atoms with E-state index in [9.17, 15) is 14.4 Å². The zero-order valence-corrected chi connectivity index (χ0v) is 16.8. The molecule has 0 atom stereocenters. The van der Waals surface area contributed by atoms with Gasteiger partial charge in [0.15, 0.2) is 5.13 Å². The van der Waals surface area contributed by atoms with Gasteiger partial charge in [-0.15, -0.1) is 0 Å². The lowest BCUT2D eigenvalue weighted by Crippen LogP contribution is -2.51. The van der Waals surface area contributed by atoms with Crippen molar-refractivity contribution in [3.05, 3.63) is 17.7 Å². The van der Waals surface area contributed by atoms with Gasteiger partial charge in [0, 0.05) is 39.0 Å². The van der Waals surface area contributed by atoms with Crippen LogP contribution in [0, 0.1) is 6.92 Å². The van der Waals surface area contributed by atoms with Crippen LogP contribution in [0.2, 0.25) is 0 Å². The Morgan fingerprint density at radius 3 is 2.46 bits per heavy atom. The Hall–Kier alpha value is -2.68. The molecular formula is C19H22N4O4S. The first kappa shape index (κ1) is 18.7. The number of hydrogen-bond donors (Lipinski definition) is 0. The van der Waals surface area contributed by atoms with Crippen LogP contribution >= 0.6 is 11.3 Å². The number of aromatic nitrogens is 1. The number of fused-ring (bicyclic) bond motifs is 1. The SMILES string of the molecule is COc1ccc(C)c2sc(N3CCN(C(=O)CN4C(=O)CCC4=O)CC3)nc12. The van der Waals surface area contributed by atoms with Crippen LogP contribution in [0.15, 0.2) is 12.1 Å². The van der Waals surface area contributed by atoms with Crippen LogP contribution in [0.25, 0.3) is 10.2 Å². The van der Waals surface area contributed by atoms with Crippen LogP contribution < -0.4 is 9.64 Å². The predicted octanol–water partition coefficient (Wildman–Crippen LogP) is 1.41. The summed E-state index contributed by atoms with van der Waals surface area (Å²) >= 11 is 1.63. The molecule has 2 aliphatic rings. The summed E-state index contributed by atoms with van der Waals surface area (Å²) in [5.41, 5.74) is 2.03. The molecule has 1 aromatic heterocycles. The number of carbonyl (C=O) groups excluding carboxylic acids is 3. The number of imide groups is 1. The van der Waals surface area contributed by atoms with E-state index in [2.05, 4.69) is 11.8 Å². The fourth-order valence-corrected chi connectivity index (χ4v) is 4.68. The van der Waals surface area contributed by atoms with Gasteiger partial charge in [0.2, 0.25) is 17.7 Å². The minimum Gasteiger partial charge on any atom is -0.494 e. The fourth-order valence-electron chi connectivity index (χ4n) is 3.58. The molecule has 28 heavy (non-hydrogen) atoms. The van der Waals surface area contributed by atoms with Crippen molar-refractivity contribution in [3.8, 4) is 5.75 Å². The smallest absolute Gasteiger partial charge is 0.242 e. The molecule has 3 heterocycles. The summed E-state index contributed by atoms with van der Waals surface area (Å²) in [6, 6.07) is 3.96. The number of piperazine rings is 1. The number of benzene rings is 1. The first-order valence-electron chi connectivity index (χ1n) is 9.28. The number of carbonyl (C=O) groups is 3. The van der Waals surface area contributed by atoms with E-state index >= 15 is 0 Å². The summed E-state index contributed by atoms with van der Waals surface area (Å²) in [6.45, 7) is 4.32. The van der Waals surface area contributed by atoms with E-state index in [1.54, 1.807) is 23.3 Å². The Labute approximate surface area is 166 Å². The minimum absolute atomic E-state index is 0.144. The third-order valence-corrected chi connectivity index (χ3v) is 6.51. The second kappa shape index (κ2) is 7.38. The highest BCUT2D eigenvalue weighted by atomic mass is 32.1. The van der Waals surface area contributed by atoms with Crippen LogP contribution in [-0.2, 0) is 14.4 Å². The second-order valence-corrected chi connectivity index (χ2v) is 7.98. The van der Waals surface area contributed by atoms with E-state index in [0.29, 0.717) is 26.2 Å². The maximum atomic E-state index is 12.5. The normalized spacial score (nSPS) is 17.7. The van der Waals surface area contributed by atoms with Crippen LogP contribution in [0.1, 0.15) is 18.4 Å². The van der Waals surface area contributed by atoms with E-state index < -0.39 is 0 Å². The third kappa shape index (κ3) is 3.30. The van der Waals surface area contributed by atoms with Crippen LogP contribution in [-0.4, -0.2) is 72.3 Å². The van der Waals surface area contributed by atoms with Crippen molar-refractivity contribution in [3.63, 3.8) is 0 Å². The van der Waals surface area contributed by atoms with E-state index in [-0.39, 0.29) is 37.1 Å². The van der Waals surface area contributed by atoms with Gasteiger partial charge in [-0.2, -0.15) is 0 Å². The standard InChI is InChI=1S/C19H22N4O4S/c1-12-3-4-13(27-2)17-18(12)28-19(20-17)22-9-7-21(8-10-22)16(26)11-23-14(24)5-6-15(23)25/h3-4H,5-11H2,1-2H3. The number of rotatable bonds is 4. The number of aryl methyl sites for hydroxylation is 1. The quantitative estimate of drug-likeness (QED) is 0.719. The van der Waals surface area contributed by atoms with Crippen LogP contribution in [0.5, 0.6) is 5.75 Å². The second-order valence-electron chi connectivity index (χ2n) is 7.00. The van der Waals surface area contributed by atoms with Gasteiger partial charge in [0.05, 0.1) is 11.8 Å². The lowest BCUT2D eigenvalue weighted by Gasteiger charge is -2.35. The molecule has 1 aromatic carbocycles. The molecule has 3 amide bonds. The molecule has 9 heteroatoms. The average Bonchev–Trinajstić information content (AvgIpc) is 3.28. The molecule has 0 saturated carbocycles. The maximum absolute atomic E-state index is 12.5. The number of nitrogens with zero attached hydrogens (tertiary/aromatic N) is 4. The monoisotopic (exact) mass is 402 g/mol. The highest BCUT2D eigenvalue weighted by molar-refractivity contribution is 7.22. The molecule has 2 aliphatic heterocycles. The van der Waals surface area contributed by atoms with Crippen molar-refractivity contribution in [1.82, 2.24) is 14.8 Å². The van der Waals surface area contributed by atoms with Gasteiger partial charge in [0.25, 0.3) is 0 Å². The molecule has 8 nitrogen and oxygen atoms in total. The number of hydrogen-bond acceptors (Lipinski definition) is 7. The molecule has 0 radical (unpaired) electrons. The van der Waals surface area contributed by atoms with Gasteiger partial charge in [-0.25, -0.2) is 4.98 Å². The molecular weight excluding hydrogens is 380 g/mol. The first-order valence-corrected chi connectivity index (χ1v) is 10.1. The predicted molar refractivity (Wildman–Crippen MR) is 106 cm³/mol. The molecule has 0 N–H and O–H groups in total. The number of methoxy groups -OCH3 is 1. The topological polar surface area (TPSA) is 83.0 Å². The van der Waals surface area contributed by atoms with Gasteiger partial charge in [-0.3, -0.25) is 19.3 Å². The molecule has 0 unspecified atom stereocenters. The zero-order valence-electron chi connectivity index (χ0n) is 15.9. The highest BCUT2D eigenvalue weighted by Gasteiger charge is 2.32. The number of amides is 3. The Balaban J connectivity index is 1.42. The van der Waals surface area contributed by atoms with E-state index in [1.807, 2.05) is 12.1 Å². The maximum Gasteiger partial charge on any atom is 0.242 e. The summed E-state index contributed by atoms with van der Waals surface area (Å²) in [5.74, 6) is 0.0773. The minimum atomic E-state index is -0.254. The third-order valence-electron chi connectivity index (χ3n) is 5.26. The Morgan fingerprint density at radius 2 is 1.82 bits per heavy atom. The first-order chi connectivity index (χ1) is 13.5. The average molecular weight is 402 g/mol. The Morgan fingerprint density at radius 1 is 1.14 bits per heavy atom. The van der Waals surface area contributed by atoms with Gasteiger partial charge in [-0.1, -0.05) is 17.4 Å². The number of likely N-dealkylation sites (tertiary alicyclic amines) is 1. The van der Waals surface area contributed by atoms with Gasteiger partial charge >= 0.3 is 0 Å². The molecule has 2 saturated heterocycles. The van der Waals surface area contributed by atoms with E-state index in [4.69, 9.17) is 9.72 Å². The lowest BCUT2D eigenvalue weighted by atomic mass is 10.2. The molecule has 0 bridgehead atoms. The molecule has 4 rings (SSSR count). The number of anilines is 1. The molecule has 0 aliphatic carbocycles. The van der Waals surface area contributed by atoms with Crippen molar-refractivity contribution in [2.45, 2.75) is 19.8 Å². The molecule has 2 aromatic rings. The summed E-state index contributed by atoms with van der Waals surface area (Å²) in [6.07, 6.45) is 0.417. The van der Waals surface area contributed by atoms with Crippen molar-refractivity contribution in [2.24, 2.45) is 0 Å². The molecule has 2 fully saturated rings. The van der Waals surface area contributed by atoms with Crippen LogP contribution in [0.4, 0.5) is 5.13 Å². The van der Waals surface area contributed by atoms with Crippen LogP contribution in [0.3, 0.4) is 0 Å². The van der Waals surface area contributed by atoms with Crippen molar-refractivity contribution < 1.29 is 19.1 Å². The van der Waals surface area contributed by atoms with Crippen molar-refractivity contribution in [2.75, 3.05) is 44.7 Å². The number of ether oxygens (including phenoxy) is 1. The van der Waals surface area contributed by atoms with E-state index in [1.165, 1.54) is 0 Å². The summed E-state index contributed by atoms with van der Waals surface area (Å²) < 4.78 is 6.54. The lowest BCUT2D eigenvalue weighted by molar-refractivity contribution is -0.145. The highest BCUT2D eigenvalue weighted by Crippen LogP contribution is 2.36. The van der Waals surface area contributed by atoms with Gasteiger partial charge in [-0.05, 0) is 18.6 Å². The Bertz CT molecular complexity index is 933. The van der Waals surface area contributed by atoms with E-state index in [0.717, 1.165) is 31.6 Å². The number of thiazole rings is 1. The summed E-state index contributed by atoms with van der Waals surface area (Å²) in [4.78, 5) is 45.6. The largest absolute Gasteiger partial charge is 0.494 e.